The summed E-state index contributed by atoms with van der Waals surface area (Å²) in [6, 6.07) is 2.85. The van der Waals surface area contributed by atoms with Gasteiger partial charge in [0, 0.05) is 32.0 Å². The molecule has 1 aliphatic rings. The molecule has 0 radical (unpaired) electrons. The van der Waals surface area contributed by atoms with Crippen molar-refractivity contribution < 1.29 is 35.6 Å². The molecule has 1 saturated heterocycles. The Bertz CT molecular complexity index is 814. The molecular weight excluding hydrogens is 396 g/mol. The van der Waals surface area contributed by atoms with Gasteiger partial charge in [-0.2, -0.15) is 8.42 Å². The number of rotatable bonds is 5. The fourth-order valence-electron chi connectivity index (χ4n) is 2.70. The predicted octanol–water partition coefficient (Wildman–Crippen LogP) is 3.09. The Balaban J connectivity index is 2.16. The molecule has 10 heteroatoms. The van der Waals surface area contributed by atoms with Crippen molar-refractivity contribution >= 4 is 16.2 Å². The number of carbonyl (C=O) groups is 1. The lowest BCUT2D eigenvalue weighted by Gasteiger charge is -2.41. The van der Waals surface area contributed by atoms with Gasteiger partial charge in [0.15, 0.2) is 11.6 Å². The highest BCUT2D eigenvalue weighted by Gasteiger charge is 2.41. The van der Waals surface area contributed by atoms with Crippen LogP contribution in [0.3, 0.4) is 0 Å². The number of carbonyl (C=O) groups excluding carboxylic acids is 1. The Labute approximate surface area is 163 Å². The number of hydrogen-bond donors (Lipinski definition) is 0. The third kappa shape index (κ3) is 6.59. The molecule has 7 nitrogen and oxygen atoms in total. The van der Waals surface area contributed by atoms with Crippen LogP contribution >= 0.6 is 0 Å². The lowest BCUT2D eigenvalue weighted by molar-refractivity contribution is -0.0400. The minimum absolute atomic E-state index is 0.179. The first-order valence-electron chi connectivity index (χ1n) is 8.75. The molecule has 1 aromatic rings. The Morgan fingerprint density at radius 2 is 1.82 bits per heavy atom. The van der Waals surface area contributed by atoms with E-state index in [0.717, 1.165) is 18.4 Å². The zero-order chi connectivity index (χ0) is 21.2. The van der Waals surface area contributed by atoms with Crippen molar-refractivity contribution in [3.63, 3.8) is 0 Å². The Morgan fingerprint density at radius 1 is 1.21 bits per heavy atom. The molecule has 0 N–H and O–H groups in total. The summed E-state index contributed by atoms with van der Waals surface area (Å²) in [6.07, 6.45) is 0.754. The third-order valence-electron chi connectivity index (χ3n) is 4.08. The van der Waals surface area contributed by atoms with Crippen molar-refractivity contribution in [1.82, 2.24) is 4.90 Å². The lowest BCUT2D eigenvalue weighted by atomic mass is 9.92. The second kappa shape index (κ2) is 8.20. The number of nitrogens with zero attached hydrogens (tertiary/aromatic N) is 1. The van der Waals surface area contributed by atoms with Crippen LogP contribution in [-0.2, 0) is 19.0 Å². The van der Waals surface area contributed by atoms with Gasteiger partial charge in [0.2, 0.25) is 0 Å². The summed E-state index contributed by atoms with van der Waals surface area (Å²) < 4.78 is 66.0. The molecule has 0 aliphatic carbocycles. The van der Waals surface area contributed by atoms with Crippen LogP contribution in [0.25, 0.3) is 0 Å². The van der Waals surface area contributed by atoms with Gasteiger partial charge in [-0.3, -0.25) is 4.18 Å². The Kier molecular flexibility index (Phi) is 6.55. The molecule has 1 amide bonds. The number of benzene rings is 1. The van der Waals surface area contributed by atoms with Crippen molar-refractivity contribution in [2.45, 2.75) is 44.8 Å². The molecule has 0 unspecified atom stereocenters. The fraction of sp³-hybridized carbons (Fsp3) is 0.611. The number of amides is 1. The van der Waals surface area contributed by atoms with Gasteiger partial charge < -0.3 is 14.4 Å². The lowest BCUT2D eigenvalue weighted by Crippen LogP contribution is -2.53. The summed E-state index contributed by atoms with van der Waals surface area (Å²) in [7, 11) is -3.76. The van der Waals surface area contributed by atoms with E-state index in [-0.39, 0.29) is 38.3 Å². The van der Waals surface area contributed by atoms with Gasteiger partial charge in [0.05, 0.1) is 6.26 Å². The first-order valence-corrected chi connectivity index (χ1v) is 10.6. The molecule has 0 aromatic heterocycles. The van der Waals surface area contributed by atoms with Gasteiger partial charge in [-0.25, -0.2) is 13.6 Å². The van der Waals surface area contributed by atoms with Crippen LogP contribution in [0.5, 0.6) is 5.75 Å². The van der Waals surface area contributed by atoms with Crippen molar-refractivity contribution in [3.8, 4) is 5.75 Å². The summed E-state index contributed by atoms with van der Waals surface area (Å²) >= 11 is 0. The molecule has 0 atom stereocenters. The van der Waals surface area contributed by atoms with E-state index in [1.807, 2.05) is 0 Å². The number of halogens is 2. The van der Waals surface area contributed by atoms with Gasteiger partial charge in [-0.05, 0) is 32.9 Å². The normalized spacial score (nSPS) is 17.3. The number of ether oxygens (including phenoxy) is 2. The maximum Gasteiger partial charge on any atom is 0.410 e. The standard InChI is InChI=1S/C18H25F2NO6S/c1-17(2,3)27-16(22)21-9-7-18(8-10-21,12-25-28(4,23)24)26-15-6-5-13(19)11-14(15)20/h5-6,11H,7-10,12H2,1-4H3. The Morgan fingerprint density at radius 3 is 2.32 bits per heavy atom. The molecule has 28 heavy (non-hydrogen) atoms. The van der Waals surface area contributed by atoms with Crippen molar-refractivity contribution in [2.75, 3.05) is 26.0 Å². The van der Waals surface area contributed by atoms with Crippen molar-refractivity contribution in [1.29, 1.82) is 0 Å². The molecule has 158 valence electrons. The van der Waals surface area contributed by atoms with E-state index in [0.29, 0.717) is 6.07 Å². The van der Waals surface area contributed by atoms with E-state index in [1.165, 1.54) is 4.90 Å². The molecule has 0 saturated carbocycles. The summed E-state index contributed by atoms with van der Waals surface area (Å²) in [4.78, 5) is 13.7. The summed E-state index contributed by atoms with van der Waals surface area (Å²) in [5, 5.41) is 0. The zero-order valence-electron chi connectivity index (χ0n) is 16.3. The SMILES string of the molecule is CC(C)(C)OC(=O)N1CCC(COS(C)(=O)=O)(Oc2ccc(F)cc2F)CC1. The topological polar surface area (TPSA) is 82.1 Å². The highest BCUT2D eigenvalue weighted by Crippen LogP contribution is 2.32. The summed E-state index contributed by atoms with van der Waals surface area (Å²) in [5.41, 5.74) is -1.85. The molecule has 1 heterocycles. The maximum absolute atomic E-state index is 14.0. The van der Waals surface area contributed by atoms with Gasteiger partial charge in [0.1, 0.15) is 23.6 Å². The van der Waals surface area contributed by atoms with E-state index in [4.69, 9.17) is 13.7 Å². The van der Waals surface area contributed by atoms with Gasteiger partial charge in [-0.1, -0.05) is 0 Å². The van der Waals surface area contributed by atoms with Gasteiger partial charge >= 0.3 is 6.09 Å². The first kappa shape index (κ1) is 22.4. The minimum atomic E-state index is -3.76. The van der Waals surface area contributed by atoms with Crippen LogP contribution < -0.4 is 4.74 Å². The summed E-state index contributed by atoms with van der Waals surface area (Å²) in [5.74, 6) is -1.89. The fourth-order valence-corrected chi connectivity index (χ4v) is 3.13. The van der Waals surface area contributed by atoms with Crippen LogP contribution in [-0.4, -0.2) is 56.6 Å². The molecule has 1 aliphatic heterocycles. The van der Waals surface area contributed by atoms with Gasteiger partial charge in [-0.15, -0.1) is 0 Å². The summed E-state index contributed by atoms with van der Waals surface area (Å²) in [6.45, 7) is 5.29. The highest BCUT2D eigenvalue weighted by molar-refractivity contribution is 7.85. The number of piperidine rings is 1. The average molecular weight is 421 g/mol. The van der Waals surface area contributed by atoms with E-state index in [9.17, 15) is 22.0 Å². The smallest absolute Gasteiger partial charge is 0.410 e. The molecule has 1 aromatic carbocycles. The van der Waals surface area contributed by atoms with Crippen LogP contribution in [0.1, 0.15) is 33.6 Å². The van der Waals surface area contributed by atoms with Crippen molar-refractivity contribution in [3.05, 3.63) is 29.8 Å². The third-order valence-corrected chi connectivity index (χ3v) is 4.63. The second-order valence-corrected chi connectivity index (χ2v) is 9.44. The van der Waals surface area contributed by atoms with E-state index in [1.54, 1.807) is 20.8 Å². The largest absolute Gasteiger partial charge is 0.482 e. The van der Waals surface area contributed by atoms with Crippen LogP contribution in [0, 0.1) is 11.6 Å². The number of hydrogen-bond acceptors (Lipinski definition) is 6. The van der Waals surface area contributed by atoms with Crippen molar-refractivity contribution in [2.24, 2.45) is 0 Å². The maximum atomic E-state index is 14.0. The minimum Gasteiger partial charge on any atom is -0.482 e. The van der Waals surface area contributed by atoms with Gasteiger partial charge in [0.25, 0.3) is 10.1 Å². The quantitative estimate of drug-likeness (QED) is 0.680. The van der Waals surface area contributed by atoms with E-state index < -0.39 is 39.0 Å². The molecule has 1 fully saturated rings. The molecule has 2 rings (SSSR count). The van der Waals surface area contributed by atoms with E-state index >= 15 is 0 Å². The average Bonchev–Trinajstić information content (AvgIpc) is 2.54. The molecular formula is C18H25F2NO6S. The van der Waals surface area contributed by atoms with Crippen LogP contribution in [0.4, 0.5) is 13.6 Å². The highest BCUT2D eigenvalue weighted by atomic mass is 32.2. The van der Waals surface area contributed by atoms with E-state index in [2.05, 4.69) is 0 Å². The molecule has 0 bridgehead atoms. The van der Waals surface area contributed by atoms with Crippen LogP contribution in [0.15, 0.2) is 18.2 Å². The second-order valence-electron chi connectivity index (χ2n) is 7.79. The number of likely N-dealkylation sites (tertiary alicyclic amines) is 1. The first-order chi connectivity index (χ1) is 12.8. The van der Waals surface area contributed by atoms with Crippen LogP contribution in [0.2, 0.25) is 0 Å². The molecule has 0 spiro atoms. The Hall–Kier alpha value is -1.94. The zero-order valence-corrected chi connectivity index (χ0v) is 17.1. The predicted molar refractivity (Wildman–Crippen MR) is 97.6 cm³/mol. The monoisotopic (exact) mass is 421 g/mol.